The van der Waals surface area contributed by atoms with E-state index in [0.717, 1.165) is 6.42 Å². The van der Waals surface area contributed by atoms with Crippen molar-refractivity contribution in [3.05, 3.63) is 47.6 Å². The van der Waals surface area contributed by atoms with Crippen LogP contribution >= 0.6 is 0 Å². The van der Waals surface area contributed by atoms with Crippen molar-refractivity contribution in [1.82, 2.24) is 10.1 Å². The number of hydrogen-bond acceptors (Lipinski definition) is 4. The summed E-state index contributed by atoms with van der Waals surface area (Å²) in [5.74, 6) is 0.152. The zero-order chi connectivity index (χ0) is 12.8. The first-order chi connectivity index (χ1) is 8.74. The van der Waals surface area contributed by atoms with Crippen LogP contribution in [0.2, 0.25) is 0 Å². The predicted molar refractivity (Wildman–Crippen MR) is 64.1 cm³/mol. The number of rotatable bonds is 6. The molecule has 0 bridgehead atoms. The van der Waals surface area contributed by atoms with Gasteiger partial charge in [0, 0.05) is 12.8 Å². The lowest BCUT2D eigenvalue weighted by Gasteiger charge is -1.96. The highest BCUT2D eigenvalue weighted by Gasteiger charge is 2.08. The fourth-order valence-electron chi connectivity index (χ4n) is 1.61. The Kier molecular flexibility index (Phi) is 4.06. The van der Waals surface area contributed by atoms with Gasteiger partial charge >= 0.3 is 5.97 Å². The molecule has 0 saturated heterocycles. The Bertz CT molecular complexity index is 508. The van der Waals surface area contributed by atoms with Gasteiger partial charge in [-0.15, -0.1) is 0 Å². The average molecular weight is 246 g/mol. The van der Waals surface area contributed by atoms with E-state index in [9.17, 15) is 4.79 Å². The van der Waals surface area contributed by atoms with Crippen LogP contribution in [0, 0.1) is 0 Å². The summed E-state index contributed by atoms with van der Waals surface area (Å²) in [6, 6.07) is 10.0. The van der Waals surface area contributed by atoms with Gasteiger partial charge in [0.15, 0.2) is 5.82 Å². The highest BCUT2D eigenvalue weighted by molar-refractivity contribution is 5.66. The van der Waals surface area contributed by atoms with Crippen molar-refractivity contribution in [1.29, 1.82) is 0 Å². The van der Waals surface area contributed by atoms with Gasteiger partial charge in [0.25, 0.3) is 0 Å². The molecule has 1 N–H and O–H groups in total. The van der Waals surface area contributed by atoms with Crippen LogP contribution in [0.3, 0.4) is 0 Å². The lowest BCUT2D eigenvalue weighted by molar-refractivity contribution is -0.137. The summed E-state index contributed by atoms with van der Waals surface area (Å²) in [7, 11) is 0. The highest BCUT2D eigenvalue weighted by Crippen LogP contribution is 2.06. The number of aliphatic carboxylic acids is 1. The number of carbonyl (C=O) groups is 1. The van der Waals surface area contributed by atoms with Crippen molar-refractivity contribution in [2.24, 2.45) is 0 Å². The molecule has 0 aliphatic rings. The van der Waals surface area contributed by atoms with Crippen LogP contribution < -0.4 is 0 Å². The van der Waals surface area contributed by atoms with E-state index in [4.69, 9.17) is 9.63 Å². The van der Waals surface area contributed by atoms with Gasteiger partial charge in [0.05, 0.1) is 6.42 Å². The molecule has 1 aromatic heterocycles. The summed E-state index contributed by atoms with van der Waals surface area (Å²) in [6.07, 6.45) is 1.84. The molecule has 0 fully saturated rings. The Morgan fingerprint density at radius 1 is 1.17 bits per heavy atom. The van der Waals surface area contributed by atoms with Crippen LogP contribution in [0.25, 0.3) is 0 Å². The smallest absolute Gasteiger partial charge is 0.303 e. The van der Waals surface area contributed by atoms with Gasteiger partial charge in [-0.25, -0.2) is 0 Å². The van der Waals surface area contributed by atoms with Gasteiger partial charge in [-0.2, -0.15) is 4.98 Å². The maximum absolute atomic E-state index is 10.4. The number of aromatic nitrogens is 2. The second-order valence-electron chi connectivity index (χ2n) is 3.98. The first kappa shape index (κ1) is 12.3. The molecule has 18 heavy (non-hydrogen) atoms. The van der Waals surface area contributed by atoms with E-state index >= 15 is 0 Å². The molecule has 0 spiro atoms. The van der Waals surface area contributed by atoms with Crippen molar-refractivity contribution in [3.63, 3.8) is 0 Å². The van der Waals surface area contributed by atoms with Gasteiger partial charge in [-0.05, 0) is 12.0 Å². The number of aryl methyl sites for hydroxylation is 3. The summed E-state index contributed by atoms with van der Waals surface area (Å²) in [6.45, 7) is 0. The molecule has 0 aliphatic heterocycles. The molecule has 0 unspecified atom stereocenters. The second-order valence-corrected chi connectivity index (χ2v) is 3.98. The Labute approximate surface area is 104 Å². The average Bonchev–Trinajstić information content (AvgIpc) is 2.83. The summed E-state index contributed by atoms with van der Waals surface area (Å²) >= 11 is 0. The van der Waals surface area contributed by atoms with Crippen LogP contribution in [0.15, 0.2) is 34.9 Å². The van der Waals surface area contributed by atoms with Crippen molar-refractivity contribution < 1.29 is 14.4 Å². The second kappa shape index (κ2) is 5.95. The first-order valence-electron chi connectivity index (χ1n) is 5.81. The predicted octanol–water partition coefficient (Wildman–Crippen LogP) is 1.87. The molecule has 0 saturated carbocycles. The Hall–Kier alpha value is -2.17. The zero-order valence-electron chi connectivity index (χ0n) is 9.87. The van der Waals surface area contributed by atoms with Crippen LogP contribution in [0.5, 0.6) is 0 Å². The highest BCUT2D eigenvalue weighted by atomic mass is 16.5. The lowest BCUT2D eigenvalue weighted by Crippen LogP contribution is -1.98. The molecule has 1 heterocycles. The number of carboxylic acids is 1. The standard InChI is InChI=1S/C13H14N2O3/c16-13(17)9-8-12-14-11(15-18-12)7-6-10-4-2-1-3-5-10/h1-5H,6-9H2,(H,16,17). The largest absolute Gasteiger partial charge is 0.481 e. The first-order valence-corrected chi connectivity index (χ1v) is 5.81. The maximum atomic E-state index is 10.4. The van der Waals surface area contributed by atoms with E-state index < -0.39 is 5.97 Å². The number of hydrogen-bond donors (Lipinski definition) is 1. The topological polar surface area (TPSA) is 76.2 Å². The van der Waals surface area contributed by atoms with Gasteiger partial charge in [-0.3, -0.25) is 4.79 Å². The number of carboxylic acid groups (broad SMARTS) is 1. The Morgan fingerprint density at radius 3 is 2.67 bits per heavy atom. The normalized spacial score (nSPS) is 10.4. The molecule has 2 aromatic rings. The fourth-order valence-corrected chi connectivity index (χ4v) is 1.61. The third kappa shape index (κ3) is 3.69. The summed E-state index contributed by atoms with van der Waals surface area (Å²) < 4.78 is 4.98. The van der Waals surface area contributed by atoms with E-state index in [-0.39, 0.29) is 12.8 Å². The molecule has 94 valence electrons. The van der Waals surface area contributed by atoms with Gasteiger partial charge in [0.2, 0.25) is 5.89 Å². The van der Waals surface area contributed by atoms with Crippen LogP contribution in [-0.4, -0.2) is 21.2 Å². The third-order valence-electron chi connectivity index (χ3n) is 2.54. The van der Waals surface area contributed by atoms with Gasteiger partial charge < -0.3 is 9.63 Å². The molecule has 5 heteroatoms. The molecule has 0 aliphatic carbocycles. The van der Waals surface area contributed by atoms with E-state index in [1.54, 1.807) is 0 Å². The van der Waals surface area contributed by atoms with Crippen LogP contribution in [-0.2, 0) is 24.1 Å². The maximum Gasteiger partial charge on any atom is 0.303 e. The summed E-state index contributed by atoms with van der Waals surface area (Å²) in [5, 5.41) is 12.4. The van der Waals surface area contributed by atoms with Gasteiger partial charge in [-0.1, -0.05) is 35.5 Å². The van der Waals surface area contributed by atoms with Gasteiger partial charge in [0.1, 0.15) is 0 Å². The summed E-state index contributed by atoms with van der Waals surface area (Å²) in [4.78, 5) is 14.6. The molecule has 1 aromatic carbocycles. The van der Waals surface area contributed by atoms with Crippen molar-refractivity contribution in [2.45, 2.75) is 25.7 Å². The van der Waals surface area contributed by atoms with Crippen LogP contribution in [0.1, 0.15) is 23.7 Å². The van der Waals surface area contributed by atoms with E-state index in [0.29, 0.717) is 18.1 Å². The fraction of sp³-hybridized carbons (Fsp3) is 0.308. The quantitative estimate of drug-likeness (QED) is 0.842. The molecular weight excluding hydrogens is 232 g/mol. The number of nitrogens with zero attached hydrogens (tertiary/aromatic N) is 2. The molecule has 0 amide bonds. The SMILES string of the molecule is O=C(O)CCc1nc(CCc2ccccc2)no1. The van der Waals surface area contributed by atoms with Crippen molar-refractivity contribution >= 4 is 5.97 Å². The lowest BCUT2D eigenvalue weighted by atomic mass is 10.1. The van der Waals surface area contributed by atoms with Crippen LogP contribution in [0.4, 0.5) is 0 Å². The molecular formula is C13H14N2O3. The van der Waals surface area contributed by atoms with E-state index in [1.165, 1.54) is 5.56 Å². The number of benzene rings is 1. The summed E-state index contributed by atoms with van der Waals surface area (Å²) in [5.41, 5.74) is 1.22. The molecule has 0 radical (unpaired) electrons. The monoisotopic (exact) mass is 246 g/mol. The molecule has 2 rings (SSSR count). The van der Waals surface area contributed by atoms with Crippen molar-refractivity contribution in [2.75, 3.05) is 0 Å². The minimum Gasteiger partial charge on any atom is -0.481 e. The van der Waals surface area contributed by atoms with E-state index in [2.05, 4.69) is 10.1 Å². The molecule has 0 atom stereocenters. The Balaban J connectivity index is 1.85. The molecule has 5 nitrogen and oxygen atoms in total. The minimum absolute atomic E-state index is 0.0142. The van der Waals surface area contributed by atoms with Crippen molar-refractivity contribution in [3.8, 4) is 0 Å². The van der Waals surface area contributed by atoms with E-state index in [1.807, 2.05) is 30.3 Å². The third-order valence-corrected chi connectivity index (χ3v) is 2.54. The zero-order valence-corrected chi connectivity index (χ0v) is 9.87. The minimum atomic E-state index is -0.862. The Morgan fingerprint density at radius 2 is 1.94 bits per heavy atom.